The summed E-state index contributed by atoms with van der Waals surface area (Å²) in [6.07, 6.45) is 0.972. The van der Waals surface area contributed by atoms with Crippen LogP contribution in [0.5, 0.6) is 0 Å². The second-order valence-electron chi connectivity index (χ2n) is 4.55. The standard InChI is InChI=1S/C14H11BrN2O3/c1-7-12(15)13(14(19)20)16-17(7)10-6-11(18)9-5-3-2-4-8(9)10/h2-6,11,18H,1H3,(H,19,20). The van der Waals surface area contributed by atoms with Crippen molar-refractivity contribution >= 4 is 27.6 Å². The topological polar surface area (TPSA) is 75.3 Å². The van der Waals surface area contributed by atoms with Crippen molar-refractivity contribution in [3.05, 3.63) is 57.3 Å². The molecule has 3 rings (SSSR count). The molecule has 0 bridgehead atoms. The van der Waals surface area contributed by atoms with Gasteiger partial charge < -0.3 is 10.2 Å². The molecule has 0 amide bonds. The van der Waals surface area contributed by atoms with E-state index in [2.05, 4.69) is 21.0 Å². The first-order valence-corrected chi connectivity index (χ1v) is 6.78. The minimum Gasteiger partial charge on any atom is -0.476 e. The molecule has 6 heteroatoms. The highest BCUT2D eigenvalue weighted by molar-refractivity contribution is 9.10. The van der Waals surface area contributed by atoms with Crippen molar-refractivity contribution in [2.45, 2.75) is 13.0 Å². The van der Waals surface area contributed by atoms with Crippen LogP contribution in [0.3, 0.4) is 0 Å². The molecule has 1 atom stereocenters. The van der Waals surface area contributed by atoms with Gasteiger partial charge in [0.15, 0.2) is 5.69 Å². The summed E-state index contributed by atoms with van der Waals surface area (Å²) in [6, 6.07) is 7.45. The first kappa shape index (κ1) is 13.1. The minimum atomic E-state index is -1.09. The van der Waals surface area contributed by atoms with Crippen LogP contribution in [0, 0.1) is 6.92 Å². The van der Waals surface area contributed by atoms with E-state index >= 15 is 0 Å². The van der Waals surface area contributed by atoms with Crippen molar-refractivity contribution in [3.63, 3.8) is 0 Å². The van der Waals surface area contributed by atoms with E-state index in [1.54, 1.807) is 17.7 Å². The monoisotopic (exact) mass is 334 g/mol. The molecule has 20 heavy (non-hydrogen) atoms. The number of aromatic carboxylic acids is 1. The van der Waals surface area contributed by atoms with E-state index in [9.17, 15) is 9.90 Å². The number of rotatable bonds is 2. The van der Waals surface area contributed by atoms with Crippen LogP contribution in [-0.2, 0) is 0 Å². The van der Waals surface area contributed by atoms with Crippen LogP contribution in [-0.4, -0.2) is 26.0 Å². The number of halogens is 1. The van der Waals surface area contributed by atoms with Gasteiger partial charge in [-0.25, -0.2) is 9.48 Å². The first-order valence-electron chi connectivity index (χ1n) is 5.98. The molecule has 1 unspecified atom stereocenters. The van der Waals surface area contributed by atoms with Gasteiger partial charge in [0.2, 0.25) is 0 Å². The predicted molar refractivity (Wildman–Crippen MR) is 76.4 cm³/mol. The minimum absolute atomic E-state index is 0.0396. The molecule has 0 aliphatic heterocycles. The summed E-state index contributed by atoms with van der Waals surface area (Å²) in [7, 11) is 0. The maximum Gasteiger partial charge on any atom is 0.357 e. The molecule has 1 aromatic carbocycles. The summed E-state index contributed by atoms with van der Waals surface area (Å²) in [5, 5.41) is 23.3. The maximum absolute atomic E-state index is 11.1. The van der Waals surface area contributed by atoms with Gasteiger partial charge in [-0.15, -0.1) is 0 Å². The van der Waals surface area contributed by atoms with Crippen molar-refractivity contribution in [2.75, 3.05) is 0 Å². The number of hydrogen-bond acceptors (Lipinski definition) is 3. The lowest BCUT2D eigenvalue weighted by molar-refractivity contribution is 0.0689. The van der Waals surface area contributed by atoms with E-state index in [0.29, 0.717) is 15.9 Å². The van der Waals surface area contributed by atoms with Gasteiger partial charge in [0.05, 0.1) is 15.9 Å². The summed E-state index contributed by atoms with van der Waals surface area (Å²) < 4.78 is 1.99. The highest BCUT2D eigenvalue weighted by Crippen LogP contribution is 2.36. The number of aromatic nitrogens is 2. The Morgan fingerprint density at radius 1 is 1.40 bits per heavy atom. The van der Waals surface area contributed by atoms with Crippen LogP contribution in [0.4, 0.5) is 0 Å². The Kier molecular flexibility index (Phi) is 2.99. The van der Waals surface area contributed by atoms with Crippen molar-refractivity contribution < 1.29 is 15.0 Å². The molecule has 0 saturated heterocycles. The summed E-state index contributed by atoms with van der Waals surface area (Å²) in [5.41, 5.74) is 2.99. The highest BCUT2D eigenvalue weighted by Gasteiger charge is 2.26. The molecule has 0 saturated carbocycles. The lowest BCUT2D eigenvalue weighted by Gasteiger charge is -2.07. The predicted octanol–water partition coefficient (Wildman–Crippen LogP) is 2.59. The van der Waals surface area contributed by atoms with Gasteiger partial charge in [0, 0.05) is 5.56 Å². The number of fused-ring (bicyclic) bond motifs is 1. The number of carboxylic acid groups (broad SMARTS) is 1. The van der Waals surface area contributed by atoms with Gasteiger partial charge in [-0.3, -0.25) is 0 Å². The molecule has 2 aromatic rings. The molecule has 102 valence electrons. The number of aliphatic hydroxyl groups is 1. The third-order valence-electron chi connectivity index (χ3n) is 3.35. The van der Waals surface area contributed by atoms with Crippen LogP contribution in [0.2, 0.25) is 0 Å². The van der Waals surface area contributed by atoms with Crippen LogP contribution in [0.1, 0.15) is 33.4 Å². The van der Waals surface area contributed by atoms with Gasteiger partial charge in [-0.2, -0.15) is 5.10 Å². The van der Waals surface area contributed by atoms with Crippen molar-refractivity contribution in [1.82, 2.24) is 9.78 Å². The van der Waals surface area contributed by atoms with Gasteiger partial charge in [-0.1, -0.05) is 24.3 Å². The summed E-state index contributed by atoms with van der Waals surface area (Å²) in [5.74, 6) is -1.09. The van der Waals surface area contributed by atoms with Gasteiger partial charge in [0.25, 0.3) is 0 Å². The lowest BCUT2D eigenvalue weighted by Crippen LogP contribution is -2.04. The summed E-state index contributed by atoms with van der Waals surface area (Å²) >= 11 is 3.25. The van der Waals surface area contributed by atoms with E-state index in [-0.39, 0.29) is 5.69 Å². The van der Waals surface area contributed by atoms with Crippen molar-refractivity contribution in [3.8, 4) is 0 Å². The highest BCUT2D eigenvalue weighted by atomic mass is 79.9. The number of carbonyl (C=O) groups is 1. The second-order valence-corrected chi connectivity index (χ2v) is 5.34. The fourth-order valence-corrected chi connectivity index (χ4v) is 2.77. The van der Waals surface area contributed by atoms with Crippen LogP contribution < -0.4 is 0 Å². The Morgan fingerprint density at radius 2 is 2.10 bits per heavy atom. The molecule has 1 aliphatic rings. The molecule has 0 spiro atoms. The zero-order valence-corrected chi connectivity index (χ0v) is 12.1. The Hall–Kier alpha value is -1.92. The Balaban J connectivity index is 2.19. The number of aliphatic hydroxyl groups excluding tert-OH is 1. The normalized spacial score (nSPS) is 16.9. The summed E-state index contributed by atoms with van der Waals surface area (Å²) in [4.78, 5) is 11.1. The van der Waals surface area contributed by atoms with E-state index in [4.69, 9.17) is 5.11 Å². The molecule has 1 heterocycles. The first-order chi connectivity index (χ1) is 9.50. The number of hydrogen-bond donors (Lipinski definition) is 2. The fraction of sp³-hybridized carbons (Fsp3) is 0.143. The molecule has 5 nitrogen and oxygen atoms in total. The molecule has 2 N–H and O–H groups in total. The van der Waals surface area contributed by atoms with Gasteiger partial charge in [0.1, 0.15) is 6.10 Å². The van der Waals surface area contributed by atoms with Crippen molar-refractivity contribution in [1.29, 1.82) is 0 Å². The molecule has 0 fully saturated rings. The zero-order valence-electron chi connectivity index (χ0n) is 10.5. The second kappa shape index (κ2) is 4.57. The fourth-order valence-electron chi connectivity index (χ4n) is 2.36. The average molecular weight is 335 g/mol. The molecule has 1 aromatic heterocycles. The molecular weight excluding hydrogens is 324 g/mol. The van der Waals surface area contributed by atoms with E-state index < -0.39 is 12.1 Å². The van der Waals surface area contributed by atoms with E-state index in [1.165, 1.54) is 0 Å². The van der Waals surface area contributed by atoms with Crippen LogP contribution >= 0.6 is 15.9 Å². The third kappa shape index (κ3) is 1.80. The third-order valence-corrected chi connectivity index (χ3v) is 4.29. The maximum atomic E-state index is 11.1. The molecule has 1 aliphatic carbocycles. The Bertz CT molecular complexity index is 749. The van der Waals surface area contributed by atoms with Crippen LogP contribution in [0.25, 0.3) is 5.70 Å². The SMILES string of the molecule is Cc1c(Br)c(C(=O)O)nn1C1=CC(O)c2ccccc21. The molecular formula is C14H11BrN2O3. The smallest absolute Gasteiger partial charge is 0.357 e. The zero-order chi connectivity index (χ0) is 14.4. The number of benzene rings is 1. The Labute approximate surface area is 123 Å². The van der Waals surface area contributed by atoms with E-state index in [0.717, 1.165) is 11.1 Å². The van der Waals surface area contributed by atoms with Gasteiger partial charge in [-0.05, 0) is 34.5 Å². The quantitative estimate of drug-likeness (QED) is 0.885. The van der Waals surface area contributed by atoms with Gasteiger partial charge >= 0.3 is 5.97 Å². The van der Waals surface area contributed by atoms with Crippen molar-refractivity contribution in [2.24, 2.45) is 0 Å². The largest absolute Gasteiger partial charge is 0.476 e. The van der Waals surface area contributed by atoms with E-state index in [1.807, 2.05) is 24.3 Å². The summed E-state index contributed by atoms with van der Waals surface area (Å²) in [6.45, 7) is 1.78. The Morgan fingerprint density at radius 3 is 2.75 bits per heavy atom. The molecule has 0 radical (unpaired) electrons. The number of carboxylic acids is 1. The van der Waals surface area contributed by atoms with Crippen LogP contribution in [0.15, 0.2) is 34.8 Å². The number of nitrogens with zero attached hydrogens (tertiary/aromatic N) is 2. The average Bonchev–Trinajstić information content (AvgIpc) is 2.90. The lowest BCUT2D eigenvalue weighted by atomic mass is 10.1.